The highest BCUT2D eigenvalue weighted by Gasteiger charge is 2.28. The van der Waals surface area contributed by atoms with E-state index in [1.165, 1.54) is 30.1 Å². The van der Waals surface area contributed by atoms with Crippen molar-refractivity contribution in [3.8, 4) is 11.5 Å². The van der Waals surface area contributed by atoms with E-state index in [4.69, 9.17) is 21.1 Å². The Morgan fingerprint density at radius 3 is 2.61 bits per heavy atom. The number of aryl methyl sites for hydroxylation is 1. The van der Waals surface area contributed by atoms with Gasteiger partial charge in [0.25, 0.3) is 5.56 Å². The van der Waals surface area contributed by atoms with Crippen LogP contribution in [0, 0.1) is 5.92 Å². The highest BCUT2D eigenvalue weighted by molar-refractivity contribution is 7.20. The summed E-state index contributed by atoms with van der Waals surface area (Å²) in [6.07, 6.45) is 3.02. The molecule has 0 aliphatic carbocycles. The predicted molar refractivity (Wildman–Crippen MR) is 129 cm³/mol. The first-order valence-electron chi connectivity index (χ1n) is 10.8. The minimum atomic E-state index is -0.160. The van der Waals surface area contributed by atoms with Crippen molar-refractivity contribution < 1.29 is 14.3 Å². The van der Waals surface area contributed by atoms with Gasteiger partial charge in [-0.3, -0.25) is 9.59 Å². The number of aromatic nitrogens is 3. The van der Waals surface area contributed by atoms with Crippen LogP contribution in [0.3, 0.4) is 0 Å². The molecule has 1 amide bonds. The quantitative estimate of drug-likeness (QED) is 0.538. The molecule has 0 radical (unpaired) electrons. The van der Waals surface area contributed by atoms with Gasteiger partial charge in [0.05, 0.1) is 24.9 Å². The molecule has 1 fully saturated rings. The van der Waals surface area contributed by atoms with Gasteiger partial charge in [-0.15, -0.1) is 5.10 Å². The van der Waals surface area contributed by atoms with Crippen LogP contribution in [0.4, 0.5) is 10.8 Å². The lowest BCUT2D eigenvalue weighted by atomic mass is 9.96. The fourth-order valence-corrected chi connectivity index (χ4v) is 5.10. The van der Waals surface area contributed by atoms with Gasteiger partial charge in [-0.25, -0.2) is 4.98 Å². The molecular weight excluding hydrogens is 466 g/mol. The number of nitrogens with one attached hydrogen (secondary N) is 1. The van der Waals surface area contributed by atoms with E-state index in [0.717, 1.165) is 23.7 Å². The standard InChI is InChI=1S/C22H26ClN5O4S/c1-4-5-14-10-19(29)28-21(24-14)33-22(26-28)27-8-6-13(7-9-27)20(30)25-16-11-15(23)17(31-2)12-18(16)32-3/h10-13H,4-9H2,1-3H3,(H,25,30). The molecular formula is C22H26ClN5O4S. The van der Waals surface area contributed by atoms with E-state index in [1.807, 2.05) is 0 Å². The van der Waals surface area contributed by atoms with Gasteiger partial charge in [-0.05, 0) is 25.3 Å². The highest BCUT2D eigenvalue weighted by Crippen LogP contribution is 2.36. The second kappa shape index (κ2) is 9.96. The molecule has 9 nitrogen and oxygen atoms in total. The van der Waals surface area contributed by atoms with Crippen LogP contribution in [0.2, 0.25) is 5.02 Å². The largest absolute Gasteiger partial charge is 0.495 e. The molecule has 1 aromatic carbocycles. The van der Waals surface area contributed by atoms with Gasteiger partial charge in [0.1, 0.15) is 11.5 Å². The average molecular weight is 492 g/mol. The first-order valence-corrected chi connectivity index (χ1v) is 12.0. The summed E-state index contributed by atoms with van der Waals surface area (Å²) < 4.78 is 11.9. The van der Waals surface area contributed by atoms with Gasteiger partial charge in [0, 0.05) is 36.8 Å². The number of nitrogens with zero attached hydrogens (tertiary/aromatic N) is 4. The molecule has 0 atom stereocenters. The molecule has 2 aromatic heterocycles. The van der Waals surface area contributed by atoms with Crippen molar-refractivity contribution in [2.24, 2.45) is 5.92 Å². The molecule has 0 bridgehead atoms. The van der Waals surface area contributed by atoms with E-state index in [2.05, 4.69) is 27.2 Å². The fraction of sp³-hybridized carbons (Fsp3) is 0.455. The topological polar surface area (TPSA) is 98.1 Å². The second-order valence-corrected chi connectivity index (χ2v) is 9.19. The van der Waals surface area contributed by atoms with Gasteiger partial charge in [0.2, 0.25) is 16.0 Å². The van der Waals surface area contributed by atoms with Crippen molar-refractivity contribution in [1.29, 1.82) is 0 Å². The number of hydrogen-bond acceptors (Lipinski definition) is 8. The number of benzene rings is 1. The summed E-state index contributed by atoms with van der Waals surface area (Å²) in [6, 6.07) is 4.83. The highest BCUT2D eigenvalue weighted by atomic mass is 35.5. The average Bonchev–Trinajstić information content (AvgIpc) is 3.24. The third kappa shape index (κ3) is 4.91. The number of anilines is 2. The summed E-state index contributed by atoms with van der Waals surface area (Å²) in [4.78, 5) is 32.5. The number of carbonyl (C=O) groups excluding carboxylic acids is 1. The Morgan fingerprint density at radius 2 is 1.94 bits per heavy atom. The molecule has 1 aliphatic rings. The smallest absolute Gasteiger partial charge is 0.275 e. The molecule has 3 aromatic rings. The molecule has 176 valence electrons. The molecule has 0 saturated carbocycles. The minimum Gasteiger partial charge on any atom is -0.495 e. The van der Waals surface area contributed by atoms with Crippen LogP contribution >= 0.6 is 22.9 Å². The summed E-state index contributed by atoms with van der Waals surface area (Å²) in [7, 11) is 3.05. The number of fused-ring (bicyclic) bond motifs is 1. The van der Waals surface area contributed by atoms with Gasteiger partial charge >= 0.3 is 0 Å². The molecule has 1 saturated heterocycles. The zero-order valence-corrected chi connectivity index (χ0v) is 20.3. The van der Waals surface area contributed by atoms with Crippen molar-refractivity contribution in [3.05, 3.63) is 39.3 Å². The fourth-order valence-electron chi connectivity index (χ4n) is 3.88. The zero-order valence-electron chi connectivity index (χ0n) is 18.8. The van der Waals surface area contributed by atoms with E-state index in [-0.39, 0.29) is 17.4 Å². The van der Waals surface area contributed by atoms with E-state index in [1.54, 1.807) is 18.2 Å². The maximum atomic E-state index is 12.9. The molecule has 3 heterocycles. The molecule has 0 spiro atoms. The third-order valence-electron chi connectivity index (χ3n) is 5.66. The molecule has 1 N–H and O–H groups in total. The first-order chi connectivity index (χ1) is 15.9. The van der Waals surface area contributed by atoms with E-state index in [9.17, 15) is 9.59 Å². The Hall–Kier alpha value is -2.85. The molecule has 33 heavy (non-hydrogen) atoms. The zero-order chi connectivity index (χ0) is 23.5. The lowest BCUT2D eigenvalue weighted by Crippen LogP contribution is -2.38. The Labute approximate surface area is 200 Å². The summed E-state index contributed by atoms with van der Waals surface area (Å²) in [5.41, 5.74) is 1.14. The van der Waals surface area contributed by atoms with Gasteiger partial charge < -0.3 is 19.7 Å². The summed E-state index contributed by atoms with van der Waals surface area (Å²) in [5, 5.41) is 8.54. The Balaban J connectivity index is 1.43. The minimum absolute atomic E-state index is 0.0828. The van der Waals surface area contributed by atoms with Gasteiger partial charge in [-0.2, -0.15) is 4.52 Å². The van der Waals surface area contributed by atoms with E-state index >= 15 is 0 Å². The SMILES string of the molecule is CCCc1cc(=O)n2nc(N3CCC(C(=O)Nc4cc(Cl)c(OC)cc4OC)CC3)sc2n1. The number of halogens is 1. The monoisotopic (exact) mass is 491 g/mol. The number of amides is 1. The van der Waals surface area contributed by atoms with Crippen molar-refractivity contribution >= 4 is 44.6 Å². The molecule has 11 heteroatoms. The Bertz CT molecular complexity index is 1220. The van der Waals surface area contributed by atoms with Gasteiger partial charge in [-0.1, -0.05) is 36.3 Å². The van der Waals surface area contributed by atoms with Crippen LogP contribution in [-0.2, 0) is 11.2 Å². The van der Waals surface area contributed by atoms with Crippen LogP contribution in [0.5, 0.6) is 11.5 Å². The number of ether oxygens (including phenoxy) is 2. The molecule has 4 rings (SSSR count). The van der Waals surface area contributed by atoms with Crippen molar-refractivity contribution in [1.82, 2.24) is 14.6 Å². The number of hydrogen-bond donors (Lipinski definition) is 1. The number of carbonyl (C=O) groups is 1. The van der Waals surface area contributed by atoms with Crippen LogP contribution in [0.15, 0.2) is 23.0 Å². The van der Waals surface area contributed by atoms with Crippen LogP contribution in [-0.4, -0.2) is 47.8 Å². The van der Waals surface area contributed by atoms with Crippen molar-refractivity contribution in [2.45, 2.75) is 32.6 Å². The summed E-state index contributed by atoms with van der Waals surface area (Å²) in [5.74, 6) is 0.724. The second-order valence-electron chi connectivity index (χ2n) is 7.85. The predicted octanol–water partition coefficient (Wildman–Crippen LogP) is 3.63. The first kappa shape index (κ1) is 23.3. The number of methoxy groups -OCH3 is 2. The third-order valence-corrected chi connectivity index (χ3v) is 6.93. The Kier molecular flexibility index (Phi) is 7.04. The van der Waals surface area contributed by atoms with E-state index in [0.29, 0.717) is 53.1 Å². The number of rotatable bonds is 7. The van der Waals surface area contributed by atoms with E-state index < -0.39 is 0 Å². The van der Waals surface area contributed by atoms with Crippen LogP contribution in [0.25, 0.3) is 4.96 Å². The summed E-state index contributed by atoms with van der Waals surface area (Å²) >= 11 is 7.62. The van der Waals surface area contributed by atoms with Crippen LogP contribution < -0.4 is 25.2 Å². The lowest BCUT2D eigenvalue weighted by molar-refractivity contribution is -0.120. The summed E-state index contributed by atoms with van der Waals surface area (Å²) in [6.45, 7) is 3.38. The van der Waals surface area contributed by atoms with Crippen molar-refractivity contribution in [2.75, 3.05) is 37.5 Å². The van der Waals surface area contributed by atoms with Crippen LogP contribution in [0.1, 0.15) is 31.9 Å². The maximum absolute atomic E-state index is 12.9. The maximum Gasteiger partial charge on any atom is 0.275 e. The number of piperidine rings is 1. The van der Waals surface area contributed by atoms with Crippen molar-refractivity contribution in [3.63, 3.8) is 0 Å². The Morgan fingerprint density at radius 1 is 1.21 bits per heavy atom. The lowest BCUT2D eigenvalue weighted by Gasteiger charge is -2.30. The molecule has 1 aliphatic heterocycles. The normalized spacial score (nSPS) is 14.5. The van der Waals surface area contributed by atoms with Gasteiger partial charge in [0.15, 0.2) is 0 Å². The molecule has 0 unspecified atom stereocenters.